The molecule has 2 aromatic rings. The first kappa shape index (κ1) is 16.1. The van der Waals surface area contributed by atoms with E-state index in [2.05, 4.69) is 5.32 Å². The number of benzene rings is 1. The van der Waals surface area contributed by atoms with Crippen LogP contribution in [0.4, 0.5) is 0 Å². The van der Waals surface area contributed by atoms with Gasteiger partial charge in [0.25, 0.3) is 5.91 Å². The molecule has 112 valence electrons. The zero-order chi connectivity index (χ0) is 15.7. The van der Waals surface area contributed by atoms with E-state index in [-0.39, 0.29) is 5.92 Å². The lowest BCUT2D eigenvalue weighted by Crippen LogP contribution is -2.44. The summed E-state index contributed by atoms with van der Waals surface area (Å²) in [5.41, 5.74) is 0. The van der Waals surface area contributed by atoms with Crippen molar-refractivity contribution in [2.45, 2.75) is 19.9 Å². The van der Waals surface area contributed by atoms with Gasteiger partial charge in [0.2, 0.25) is 0 Å². The third-order valence-electron chi connectivity index (χ3n) is 3.02. The molecule has 0 bridgehead atoms. The summed E-state index contributed by atoms with van der Waals surface area (Å²) >= 11 is 13.3. The monoisotopic (exact) mass is 345 g/mol. The third-order valence-corrected chi connectivity index (χ3v) is 4.91. The minimum Gasteiger partial charge on any atom is -0.480 e. The highest BCUT2D eigenvalue weighted by Crippen LogP contribution is 2.36. The van der Waals surface area contributed by atoms with Crippen LogP contribution in [0.3, 0.4) is 0 Å². The van der Waals surface area contributed by atoms with E-state index >= 15 is 0 Å². The lowest BCUT2D eigenvalue weighted by molar-refractivity contribution is -0.140. The summed E-state index contributed by atoms with van der Waals surface area (Å²) in [7, 11) is 0. The molecule has 0 radical (unpaired) electrons. The van der Waals surface area contributed by atoms with Gasteiger partial charge < -0.3 is 10.4 Å². The molecule has 1 atom stereocenters. The van der Waals surface area contributed by atoms with Crippen LogP contribution in [0.2, 0.25) is 10.0 Å². The van der Waals surface area contributed by atoms with Crippen LogP contribution < -0.4 is 5.32 Å². The zero-order valence-electron chi connectivity index (χ0n) is 11.3. The van der Waals surface area contributed by atoms with E-state index in [0.717, 1.165) is 10.1 Å². The molecule has 0 saturated heterocycles. The summed E-state index contributed by atoms with van der Waals surface area (Å²) in [6.45, 7) is 3.46. The summed E-state index contributed by atoms with van der Waals surface area (Å²) in [5, 5.41) is 13.2. The van der Waals surface area contributed by atoms with Gasteiger partial charge in [-0.1, -0.05) is 43.1 Å². The fourth-order valence-electron chi connectivity index (χ4n) is 1.91. The van der Waals surface area contributed by atoms with Gasteiger partial charge >= 0.3 is 5.97 Å². The van der Waals surface area contributed by atoms with Gasteiger partial charge in [-0.3, -0.25) is 4.79 Å². The summed E-state index contributed by atoms with van der Waals surface area (Å²) in [6.07, 6.45) is 0. The Morgan fingerprint density at radius 2 is 1.95 bits per heavy atom. The maximum atomic E-state index is 12.3. The Hall–Kier alpha value is -1.30. The predicted molar refractivity (Wildman–Crippen MR) is 85.6 cm³/mol. The average molecular weight is 346 g/mol. The van der Waals surface area contributed by atoms with Gasteiger partial charge in [0.05, 0.1) is 5.02 Å². The first-order chi connectivity index (χ1) is 9.81. The number of amides is 1. The molecule has 7 heteroatoms. The number of carboxylic acids is 1. The zero-order valence-corrected chi connectivity index (χ0v) is 13.6. The maximum Gasteiger partial charge on any atom is 0.326 e. The number of carboxylic acid groups (broad SMARTS) is 1. The van der Waals surface area contributed by atoms with Crippen LogP contribution >= 0.6 is 34.5 Å². The topological polar surface area (TPSA) is 66.4 Å². The summed E-state index contributed by atoms with van der Waals surface area (Å²) < 4.78 is 0.786. The number of hydrogen-bond donors (Lipinski definition) is 2. The molecular weight excluding hydrogens is 333 g/mol. The second kappa shape index (κ2) is 6.22. The van der Waals surface area contributed by atoms with Crippen molar-refractivity contribution in [1.29, 1.82) is 0 Å². The van der Waals surface area contributed by atoms with E-state index in [4.69, 9.17) is 28.3 Å². The molecule has 0 aliphatic carbocycles. The first-order valence-electron chi connectivity index (χ1n) is 6.22. The molecule has 0 fully saturated rings. The third kappa shape index (κ3) is 3.31. The molecule has 1 aromatic heterocycles. The lowest BCUT2D eigenvalue weighted by Gasteiger charge is -2.17. The minimum atomic E-state index is -1.07. The van der Waals surface area contributed by atoms with Gasteiger partial charge in [-0.25, -0.2) is 4.79 Å². The van der Waals surface area contributed by atoms with Crippen molar-refractivity contribution >= 4 is 56.5 Å². The van der Waals surface area contributed by atoms with Crippen molar-refractivity contribution in [1.82, 2.24) is 5.32 Å². The molecule has 2 rings (SSSR count). The van der Waals surface area contributed by atoms with Crippen LogP contribution in [-0.2, 0) is 4.79 Å². The largest absolute Gasteiger partial charge is 0.480 e. The van der Waals surface area contributed by atoms with Crippen LogP contribution in [0.1, 0.15) is 23.5 Å². The standard InChI is InChI=1S/C14H13Cl2NO3S/c1-6(2)11(14(19)20)17-13(18)12-10(16)8-4-3-7(15)5-9(8)21-12/h3-6,11H,1-2H3,(H,17,18)(H,19,20)/t11-/m0/s1. The van der Waals surface area contributed by atoms with E-state index in [0.29, 0.717) is 14.9 Å². The number of hydrogen-bond acceptors (Lipinski definition) is 3. The smallest absolute Gasteiger partial charge is 0.326 e. The van der Waals surface area contributed by atoms with Crippen LogP contribution in [-0.4, -0.2) is 23.0 Å². The summed E-state index contributed by atoms with van der Waals surface area (Å²) in [5.74, 6) is -1.79. The van der Waals surface area contributed by atoms with Gasteiger partial charge in [-0.05, 0) is 18.1 Å². The Kier molecular flexibility index (Phi) is 4.76. The number of rotatable bonds is 4. The van der Waals surface area contributed by atoms with Gasteiger partial charge in [-0.15, -0.1) is 11.3 Å². The molecule has 1 aromatic carbocycles. The van der Waals surface area contributed by atoms with Crippen LogP contribution in [0, 0.1) is 5.92 Å². The van der Waals surface area contributed by atoms with Crippen molar-refractivity contribution in [2.75, 3.05) is 0 Å². The van der Waals surface area contributed by atoms with Crippen LogP contribution in [0.15, 0.2) is 18.2 Å². The quantitative estimate of drug-likeness (QED) is 0.878. The van der Waals surface area contributed by atoms with E-state index < -0.39 is 17.9 Å². The van der Waals surface area contributed by atoms with Gasteiger partial charge in [0, 0.05) is 15.1 Å². The highest BCUT2D eigenvalue weighted by Gasteiger charge is 2.26. The van der Waals surface area contributed by atoms with E-state index in [1.807, 2.05) is 0 Å². The number of carbonyl (C=O) groups is 2. The predicted octanol–water partition coefficient (Wildman–Crippen LogP) is 4.05. The molecular formula is C14H13Cl2NO3S. The van der Waals surface area contributed by atoms with Gasteiger partial charge in [-0.2, -0.15) is 0 Å². The Morgan fingerprint density at radius 3 is 2.52 bits per heavy atom. The molecule has 1 amide bonds. The highest BCUT2D eigenvalue weighted by molar-refractivity contribution is 7.21. The van der Waals surface area contributed by atoms with Crippen molar-refractivity contribution in [3.05, 3.63) is 33.1 Å². The Bertz CT molecular complexity index is 712. The van der Waals surface area contributed by atoms with Crippen molar-refractivity contribution in [3.8, 4) is 0 Å². The first-order valence-corrected chi connectivity index (χ1v) is 7.79. The Morgan fingerprint density at radius 1 is 1.29 bits per heavy atom. The SMILES string of the molecule is CC(C)[C@H](NC(=O)c1sc2cc(Cl)ccc2c1Cl)C(=O)O. The number of aliphatic carboxylic acids is 1. The normalized spacial score (nSPS) is 12.6. The average Bonchev–Trinajstić information content (AvgIpc) is 2.71. The molecule has 4 nitrogen and oxygen atoms in total. The van der Waals surface area contributed by atoms with Gasteiger partial charge in [0.15, 0.2) is 0 Å². The number of nitrogens with one attached hydrogen (secondary N) is 1. The second-order valence-corrected chi connectivity index (χ2v) is 6.79. The van der Waals surface area contributed by atoms with Crippen LogP contribution in [0.5, 0.6) is 0 Å². The molecule has 1 heterocycles. The fourth-order valence-corrected chi connectivity index (χ4v) is 3.60. The van der Waals surface area contributed by atoms with Crippen molar-refractivity contribution < 1.29 is 14.7 Å². The van der Waals surface area contributed by atoms with Crippen molar-refractivity contribution in [2.24, 2.45) is 5.92 Å². The molecule has 0 saturated carbocycles. The summed E-state index contributed by atoms with van der Waals surface area (Å²) in [4.78, 5) is 23.7. The van der Waals surface area contributed by atoms with Crippen LogP contribution in [0.25, 0.3) is 10.1 Å². The minimum absolute atomic E-state index is 0.228. The fraction of sp³-hybridized carbons (Fsp3) is 0.286. The molecule has 0 unspecified atom stereocenters. The lowest BCUT2D eigenvalue weighted by atomic mass is 10.0. The molecule has 0 aliphatic rings. The highest BCUT2D eigenvalue weighted by atomic mass is 35.5. The number of thiophene rings is 1. The van der Waals surface area contributed by atoms with E-state index in [9.17, 15) is 9.59 Å². The van der Waals surface area contributed by atoms with E-state index in [1.54, 1.807) is 32.0 Å². The van der Waals surface area contributed by atoms with E-state index in [1.165, 1.54) is 11.3 Å². The van der Waals surface area contributed by atoms with Gasteiger partial charge in [0.1, 0.15) is 10.9 Å². The maximum absolute atomic E-state index is 12.3. The molecule has 2 N–H and O–H groups in total. The number of carbonyl (C=O) groups excluding carboxylic acids is 1. The molecule has 0 aliphatic heterocycles. The Labute approximate surface area is 135 Å². The number of fused-ring (bicyclic) bond motifs is 1. The molecule has 0 spiro atoms. The number of halogens is 2. The van der Waals surface area contributed by atoms with Crippen molar-refractivity contribution in [3.63, 3.8) is 0 Å². The second-order valence-electron chi connectivity index (χ2n) is 4.92. The summed E-state index contributed by atoms with van der Waals surface area (Å²) in [6, 6.07) is 4.20. The molecule has 21 heavy (non-hydrogen) atoms. The Balaban J connectivity index is 2.35.